The number of benzene rings is 2. The minimum absolute atomic E-state index is 0.0520. The van der Waals surface area contributed by atoms with Gasteiger partial charge >= 0.3 is 11.9 Å². The second kappa shape index (κ2) is 15.4. The molecule has 0 aliphatic rings. The number of ether oxygens (including phenoxy) is 1. The zero-order valence-electron chi connectivity index (χ0n) is 19.2. The predicted molar refractivity (Wildman–Crippen MR) is 144 cm³/mol. The van der Waals surface area contributed by atoms with Crippen LogP contribution in [0.4, 0.5) is 0 Å². The summed E-state index contributed by atoms with van der Waals surface area (Å²) in [5.41, 5.74) is 3.76. The summed E-state index contributed by atoms with van der Waals surface area (Å²) in [5, 5.41) is 17.3. The monoisotopic (exact) mass is 630 g/mol. The van der Waals surface area contributed by atoms with Crippen LogP contribution in [0.2, 0.25) is 0 Å². The number of nitrogens with one attached hydrogen (secondary N) is 2. The van der Waals surface area contributed by atoms with E-state index in [0.29, 0.717) is 6.42 Å². The maximum absolute atomic E-state index is 11.2. The number of carbonyl (C=O) groups is 3. The number of carboxylic acids is 1. The number of aliphatic carboxylic acids is 1. The molecule has 0 atom stereocenters. The number of H-pyrrole nitrogens is 2. The van der Waals surface area contributed by atoms with Crippen molar-refractivity contribution in [2.24, 2.45) is 0 Å². The number of rotatable bonds is 4. The van der Waals surface area contributed by atoms with Crippen molar-refractivity contribution in [2.75, 3.05) is 14.2 Å². The number of esters is 1. The van der Waals surface area contributed by atoms with Gasteiger partial charge in [0.1, 0.15) is 0 Å². The number of halogens is 3. The minimum Gasteiger partial charge on any atom is -0.481 e. The predicted octanol–water partition coefficient (Wildman–Crippen LogP) is 5.58. The summed E-state index contributed by atoms with van der Waals surface area (Å²) >= 11 is 11.4. The fraction of sp³-hybridized carbons (Fsp3) is 0.208. The van der Waals surface area contributed by atoms with Gasteiger partial charge in [0.2, 0.25) is 5.24 Å². The van der Waals surface area contributed by atoms with Crippen LogP contribution in [0.5, 0.6) is 0 Å². The molecule has 188 valence electrons. The van der Waals surface area contributed by atoms with Crippen molar-refractivity contribution in [3.63, 3.8) is 0 Å². The van der Waals surface area contributed by atoms with Gasteiger partial charge in [0.15, 0.2) is 0 Å². The summed E-state index contributed by atoms with van der Waals surface area (Å²) in [6, 6.07) is 11.7. The van der Waals surface area contributed by atoms with Gasteiger partial charge in [0.25, 0.3) is 0 Å². The molecule has 0 spiro atoms. The van der Waals surface area contributed by atoms with Crippen molar-refractivity contribution in [3.05, 3.63) is 68.9 Å². The van der Waals surface area contributed by atoms with E-state index in [-0.39, 0.29) is 17.6 Å². The molecule has 0 saturated carbocycles. The number of aromatic nitrogens is 2. The first-order chi connectivity index (χ1) is 16.6. The Morgan fingerprint density at radius 2 is 1.29 bits per heavy atom. The number of aromatic amines is 2. The number of hydrogen-bond donors (Lipinski definition) is 4. The smallest absolute Gasteiger partial charge is 0.310 e. The number of methoxy groups -OCH3 is 1. The molecule has 0 aliphatic carbocycles. The summed E-state index contributed by atoms with van der Waals surface area (Å²) in [6.45, 7) is 1.29. The van der Waals surface area contributed by atoms with Crippen LogP contribution in [0.25, 0.3) is 21.8 Å². The quantitative estimate of drug-likeness (QED) is 0.172. The number of hydrogen-bond acceptors (Lipinski definition) is 5. The molecule has 0 amide bonds. The third kappa shape index (κ3) is 10.2. The van der Waals surface area contributed by atoms with E-state index in [1.54, 1.807) is 6.20 Å². The van der Waals surface area contributed by atoms with Crippen LogP contribution >= 0.6 is 43.5 Å². The Morgan fingerprint density at radius 1 is 0.886 bits per heavy atom. The van der Waals surface area contributed by atoms with E-state index in [1.165, 1.54) is 14.0 Å². The molecule has 2 heterocycles. The molecule has 35 heavy (non-hydrogen) atoms. The largest absolute Gasteiger partial charge is 0.481 e. The molecular weight excluding hydrogens is 608 g/mol. The lowest BCUT2D eigenvalue weighted by atomic mass is 10.1. The van der Waals surface area contributed by atoms with E-state index >= 15 is 0 Å². The molecule has 4 N–H and O–H groups in total. The maximum Gasteiger partial charge on any atom is 0.310 e. The van der Waals surface area contributed by atoms with Crippen LogP contribution in [-0.4, -0.2) is 51.6 Å². The van der Waals surface area contributed by atoms with Gasteiger partial charge < -0.3 is 24.9 Å². The Bertz CT molecular complexity index is 1280. The van der Waals surface area contributed by atoms with Gasteiger partial charge in [0.05, 0.1) is 20.0 Å². The van der Waals surface area contributed by atoms with Crippen LogP contribution in [-0.2, 0) is 32.0 Å². The molecule has 0 bridgehead atoms. The fourth-order valence-corrected chi connectivity index (χ4v) is 3.71. The lowest BCUT2D eigenvalue weighted by molar-refractivity contribution is -0.140. The molecule has 8 nitrogen and oxygen atoms in total. The molecule has 4 rings (SSSR count). The summed E-state index contributed by atoms with van der Waals surface area (Å²) in [6.07, 6.45) is 3.93. The second-order valence-electron chi connectivity index (χ2n) is 6.80. The average Bonchev–Trinajstić information content (AvgIpc) is 3.38. The second-order valence-corrected chi connectivity index (χ2v) is 9.16. The van der Waals surface area contributed by atoms with Gasteiger partial charge in [-0.3, -0.25) is 14.4 Å². The van der Waals surface area contributed by atoms with E-state index in [1.807, 2.05) is 42.6 Å². The van der Waals surface area contributed by atoms with E-state index < -0.39 is 5.97 Å². The lowest BCUT2D eigenvalue weighted by Gasteiger charge is -1.98. The summed E-state index contributed by atoms with van der Waals surface area (Å²) < 4.78 is 6.59. The SMILES string of the molecule is CC(=O)Cl.CO.COC(=O)Cc1c[nH]c2ccc(Br)cc12.O=C(O)Cc1c[nH]c2ccc(Br)cc12. The third-order valence-corrected chi connectivity index (χ3v) is 5.35. The van der Waals surface area contributed by atoms with E-state index in [2.05, 4.69) is 58.2 Å². The van der Waals surface area contributed by atoms with Gasteiger partial charge in [-0.25, -0.2) is 0 Å². The fourth-order valence-electron chi connectivity index (χ4n) is 2.98. The number of fused-ring (bicyclic) bond motifs is 2. The number of aliphatic hydroxyl groups is 1. The van der Waals surface area contributed by atoms with Crippen LogP contribution in [0.1, 0.15) is 18.1 Å². The number of carboxylic acid groups (broad SMARTS) is 1. The highest BCUT2D eigenvalue weighted by molar-refractivity contribution is 9.10. The highest BCUT2D eigenvalue weighted by Gasteiger charge is 2.09. The molecular formula is C24H25Br2ClN2O6. The maximum atomic E-state index is 11.2. The third-order valence-electron chi connectivity index (χ3n) is 4.36. The Balaban J connectivity index is 0.000000287. The lowest BCUT2D eigenvalue weighted by Crippen LogP contribution is -2.03. The Morgan fingerprint density at radius 3 is 1.66 bits per heavy atom. The van der Waals surface area contributed by atoms with Crippen molar-refractivity contribution in [1.82, 2.24) is 9.97 Å². The standard InChI is InChI=1S/C11H10BrNO2.C10H8BrNO2.C2H3ClO.CH4O/c1-15-11(14)4-7-6-13-10-3-2-8(12)5-9(7)10;11-7-1-2-9-8(4-7)6(5-12-9)3-10(13)14;1-2(3)4;1-2/h2-3,5-6,13H,4H2,1H3;1-2,4-5,12H,3H2,(H,13,14);1H3;2H,1H3. The van der Waals surface area contributed by atoms with Crippen LogP contribution in [0.3, 0.4) is 0 Å². The van der Waals surface area contributed by atoms with E-state index in [0.717, 1.165) is 49.0 Å². The summed E-state index contributed by atoms with van der Waals surface area (Å²) in [5.74, 6) is -1.04. The number of carbonyl (C=O) groups excluding carboxylic acids is 2. The Hall–Kier alpha value is -2.66. The molecule has 0 unspecified atom stereocenters. The molecule has 11 heteroatoms. The molecule has 0 radical (unpaired) electrons. The van der Waals surface area contributed by atoms with Crippen molar-refractivity contribution < 1.29 is 29.3 Å². The number of aliphatic hydroxyl groups excluding tert-OH is 1. The normalized spacial score (nSPS) is 9.69. The molecule has 2 aromatic carbocycles. The van der Waals surface area contributed by atoms with Crippen molar-refractivity contribution in [1.29, 1.82) is 0 Å². The molecule has 0 aliphatic heterocycles. The van der Waals surface area contributed by atoms with Crippen LogP contribution < -0.4 is 0 Å². The minimum atomic E-state index is -0.814. The molecule has 0 saturated heterocycles. The zero-order valence-corrected chi connectivity index (χ0v) is 23.1. The van der Waals surface area contributed by atoms with Crippen LogP contribution in [0, 0.1) is 0 Å². The highest BCUT2D eigenvalue weighted by atomic mass is 79.9. The first kappa shape index (κ1) is 30.4. The highest BCUT2D eigenvalue weighted by Crippen LogP contribution is 2.24. The van der Waals surface area contributed by atoms with Gasteiger partial charge in [-0.2, -0.15) is 0 Å². The van der Waals surface area contributed by atoms with Gasteiger partial charge in [-0.05, 0) is 59.1 Å². The van der Waals surface area contributed by atoms with Crippen molar-refractivity contribution >= 4 is 82.4 Å². The first-order valence-electron chi connectivity index (χ1n) is 10.0. The molecule has 0 fully saturated rings. The van der Waals surface area contributed by atoms with Gasteiger partial charge in [-0.15, -0.1) is 0 Å². The van der Waals surface area contributed by atoms with Gasteiger partial charge in [-0.1, -0.05) is 31.9 Å². The Kier molecular flexibility index (Phi) is 13.3. The van der Waals surface area contributed by atoms with E-state index in [9.17, 15) is 14.4 Å². The topological polar surface area (TPSA) is 132 Å². The van der Waals surface area contributed by atoms with Crippen molar-refractivity contribution in [2.45, 2.75) is 19.8 Å². The summed E-state index contributed by atoms with van der Waals surface area (Å²) in [4.78, 5) is 37.1. The van der Waals surface area contributed by atoms with Crippen LogP contribution in [0.15, 0.2) is 57.7 Å². The zero-order chi connectivity index (χ0) is 26.5. The molecule has 2 aromatic heterocycles. The summed E-state index contributed by atoms with van der Waals surface area (Å²) in [7, 11) is 2.40. The average molecular weight is 633 g/mol. The first-order valence-corrected chi connectivity index (χ1v) is 12.0. The Labute approximate surface area is 223 Å². The molecule has 4 aromatic rings. The van der Waals surface area contributed by atoms with E-state index in [4.69, 9.17) is 10.2 Å². The van der Waals surface area contributed by atoms with Crippen molar-refractivity contribution in [3.8, 4) is 0 Å². The van der Waals surface area contributed by atoms with Gasteiger partial charge in [0, 0.05) is 57.2 Å².